The van der Waals surface area contributed by atoms with Crippen molar-refractivity contribution < 1.29 is 17.9 Å². The summed E-state index contributed by atoms with van der Waals surface area (Å²) in [6.07, 6.45) is -0.121. The maximum Gasteiger partial charge on any atom is 0.215 e. The van der Waals surface area contributed by atoms with E-state index in [0.29, 0.717) is 32.8 Å². The van der Waals surface area contributed by atoms with Gasteiger partial charge in [0.15, 0.2) is 0 Å². The lowest BCUT2D eigenvalue weighted by molar-refractivity contribution is -0.0440. The lowest BCUT2D eigenvalue weighted by atomic mass is 10.2. The summed E-state index contributed by atoms with van der Waals surface area (Å²) in [5.74, 6) is 0.926. The summed E-state index contributed by atoms with van der Waals surface area (Å²) in [6, 6.07) is 7.79. The summed E-state index contributed by atoms with van der Waals surface area (Å²) >= 11 is 0. The molecular formula is C17H28N2O4S. The van der Waals surface area contributed by atoms with Crippen molar-refractivity contribution >= 4 is 10.0 Å². The molecule has 0 amide bonds. The fraction of sp³-hybridized carbons (Fsp3) is 0.647. The first-order valence-corrected chi connectivity index (χ1v) is 10.1. The lowest BCUT2D eigenvalue weighted by Gasteiger charge is -2.34. The van der Waals surface area contributed by atoms with Crippen LogP contribution in [0.4, 0.5) is 0 Å². The van der Waals surface area contributed by atoms with Crippen LogP contribution >= 0.6 is 0 Å². The minimum Gasteiger partial charge on any atom is -0.494 e. The van der Waals surface area contributed by atoms with Gasteiger partial charge in [-0.05, 0) is 26.8 Å². The molecule has 2 unspecified atom stereocenters. The van der Waals surface area contributed by atoms with Gasteiger partial charge in [-0.1, -0.05) is 18.2 Å². The third kappa shape index (κ3) is 5.44. The normalized spacial score (nSPS) is 22.5. The topological polar surface area (TPSA) is 67.9 Å². The Labute approximate surface area is 145 Å². The van der Waals surface area contributed by atoms with Gasteiger partial charge in [0.2, 0.25) is 10.0 Å². The molecule has 0 spiro atoms. The summed E-state index contributed by atoms with van der Waals surface area (Å²) in [5, 5.41) is 3.20. The van der Waals surface area contributed by atoms with Crippen molar-refractivity contribution in [3.63, 3.8) is 0 Å². The Kier molecular flexibility index (Phi) is 7.03. The first kappa shape index (κ1) is 19.2. The minimum atomic E-state index is -3.26. The maximum atomic E-state index is 12.5. The molecular weight excluding hydrogens is 328 g/mol. The van der Waals surface area contributed by atoms with E-state index in [-0.39, 0.29) is 18.0 Å². The Morgan fingerprint density at radius 3 is 2.58 bits per heavy atom. The van der Waals surface area contributed by atoms with Crippen LogP contribution in [-0.2, 0) is 21.3 Å². The molecule has 0 bridgehead atoms. The van der Waals surface area contributed by atoms with E-state index in [2.05, 4.69) is 5.32 Å². The lowest BCUT2D eigenvalue weighted by Crippen LogP contribution is -2.49. The minimum absolute atomic E-state index is 0.0606. The van der Waals surface area contributed by atoms with Crippen molar-refractivity contribution in [1.29, 1.82) is 0 Å². The zero-order valence-electron chi connectivity index (χ0n) is 14.7. The van der Waals surface area contributed by atoms with Crippen molar-refractivity contribution in [3.8, 4) is 5.75 Å². The molecule has 6 nitrogen and oxygen atoms in total. The highest BCUT2D eigenvalue weighted by atomic mass is 32.2. The Morgan fingerprint density at radius 1 is 1.25 bits per heavy atom. The SMILES string of the molecule is CCOc1ccccc1CNCCS(=O)(=O)N1CC(C)OC(C)C1. The second-order valence-corrected chi connectivity index (χ2v) is 8.20. The number of para-hydroxylation sites is 1. The van der Waals surface area contributed by atoms with Crippen molar-refractivity contribution in [2.75, 3.05) is 32.0 Å². The van der Waals surface area contributed by atoms with E-state index in [0.717, 1.165) is 11.3 Å². The van der Waals surface area contributed by atoms with Crippen LogP contribution in [0.1, 0.15) is 26.3 Å². The monoisotopic (exact) mass is 356 g/mol. The van der Waals surface area contributed by atoms with Gasteiger partial charge in [-0.15, -0.1) is 0 Å². The molecule has 1 saturated heterocycles. The Morgan fingerprint density at radius 2 is 1.92 bits per heavy atom. The average molecular weight is 356 g/mol. The number of hydrogen-bond acceptors (Lipinski definition) is 5. The van der Waals surface area contributed by atoms with Gasteiger partial charge in [-0.2, -0.15) is 4.31 Å². The second kappa shape index (κ2) is 8.80. The van der Waals surface area contributed by atoms with E-state index in [9.17, 15) is 8.42 Å². The molecule has 0 aliphatic carbocycles. The van der Waals surface area contributed by atoms with Crippen LogP contribution in [0.25, 0.3) is 0 Å². The Bertz CT molecular complexity index is 611. The first-order chi connectivity index (χ1) is 11.4. The molecule has 1 aliphatic rings. The second-order valence-electron chi connectivity index (χ2n) is 6.11. The molecule has 2 rings (SSSR count). The van der Waals surface area contributed by atoms with Gasteiger partial charge in [0.05, 0.1) is 24.6 Å². The average Bonchev–Trinajstić information content (AvgIpc) is 2.52. The summed E-state index contributed by atoms with van der Waals surface area (Å²) < 4.78 is 37.6. The zero-order valence-corrected chi connectivity index (χ0v) is 15.5. The quantitative estimate of drug-likeness (QED) is 0.717. The third-order valence-electron chi connectivity index (χ3n) is 3.90. The summed E-state index contributed by atoms with van der Waals surface area (Å²) in [7, 11) is -3.26. The van der Waals surface area contributed by atoms with Crippen LogP contribution in [0, 0.1) is 0 Å². The van der Waals surface area contributed by atoms with Gasteiger partial charge >= 0.3 is 0 Å². The van der Waals surface area contributed by atoms with Gasteiger partial charge in [0.25, 0.3) is 0 Å². The smallest absolute Gasteiger partial charge is 0.215 e. The molecule has 1 heterocycles. The van der Waals surface area contributed by atoms with E-state index in [1.807, 2.05) is 45.0 Å². The molecule has 1 fully saturated rings. The van der Waals surface area contributed by atoms with Gasteiger partial charge in [0, 0.05) is 31.7 Å². The van der Waals surface area contributed by atoms with Crippen molar-refractivity contribution in [2.24, 2.45) is 0 Å². The number of hydrogen-bond donors (Lipinski definition) is 1. The molecule has 1 aromatic rings. The summed E-state index contributed by atoms with van der Waals surface area (Å²) in [4.78, 5) is 0. The summed E-state index contributed by atoms with van der Waals surface area (Å²) in [5.41, 5.74) is 1.03. The third-order valence-corrected chi connectivity index (χ3v) is 5.71. The molecule has 0 aromatic heterocycles. The van der Waals surface area contributed by atoms with Crippen molar-refractivity contribution in [3.05, 3.63) is 29.8 Å². The van der Waals surface area contributed by atoms with Crippen LogP contribution in [0.2, 0.25) is 0 Å². The largest absolute Gasteiger partial charge is 0.494 e. The molecule has 0 saturated carbocycles. The number of nitrogens with zero attached hydrogens (tertiary/aromatic N) is 1. The molecule has 136 valence electrons. The number of rotatable bonds is 8. The standard InChI is InChI=1S/C17H28N2O4S/c1-4-22-17-8-6-5-7-16(17)11-18-9-10-24(20,21)19-12-14(2)23-15(3)13-19/h5-8,14-15,18H,4,9-13H2,1-3H3. The van der Waals surface area contributed by atoms with E-state index < -0.39 is 10.0 Å². The van der Waals surface area contributed by atoms with Crippen molar-refractivity contribution in [1.82, 2.24) is 9.62 Å². The number of sulfonamides is 1. The molecule has 24 heavy (non-hydrogen) atoms. The Hall–Kier alpha value is -1.15. The van der Waals surface area contributed by atoms with Crippen molar-refractivity contribution in [2.45, 2.75) is 39.5 Å². The first-order valence-electron chi connectivity index (χ1n) is 8.47. The predicted octanol–water partition coefficient (Wildman–Crippen LogP) is 1.61. The molecule has 1 aliphatic heterocycles. The van der Waals surface area contributed by atoms with Crippen LogP contribution in [0.15, 0.2) is 24.3 Å². The fourth-order valence-electron chi connectivity index (χ4n) is 2.86. The van der Waals surface area contributed by atoms with E-state index in [4.69, 9.17) is 9.47 Å². The highest BCUT2D eigenvalue weighted by Crippen LogP contribution is 2.18. The molecule has 7 heteroatoms. The predicted molar refractivity (Wildman–Crippen MR) is 94.7 cm³/mol. The molecule has 0 radical (unpaired) electrons. The zero-order chi connectivity index (χ0) is 17.6. The highest BCUT2D eigenvalue weighted by Gasteiger charge is 2.30. The Balaban J connectivity index is 1.83. The fourth-order valence-corrected chi connectivity index (χ4v) is 4.39. The van der Waals surface area contributed by atoms with Crippen LogP contribution in [-0.4, -0.2) is 56.9 Å². The molecule has 1 N–H and O–H groups in total. The van der Waals surface area contributed by atoms with E-state index >= 15 is 0 Å². The molecule has 1 aromatic carbocycles. The van der Waals surface area contributed by atoms with Gasteiger partial charge in [-0.25, -0.2) is 8.42 Å². The van der Waals surface area contributed by atoms with Crippen LogP contribution < -0.4 is 10.1 Å². The van der Waals surface area contributed by atoms with Gasteiger partial charge in [-0.3, -0.25) is 0 Å². The maximum absolute atomic E-state index is 12.5. The number of ether oxygens (including phenoxy) is 2. The number of morpholine rings is 1. The van der Waals surface area contributed by atoms with Crippen LogP contribution in [0.5, 0.6) is 5.75 Å². The van der Waals surface area contributed by atoms with E-state index in [1.165, 1.54) is 0 Å². The number of benzene rings is 1. The van der Waals surface area contributed by atoms with Crippen LogP contribution in [0.3, 0.4) is 0 Å². The number of nitrogens with one attached hydrogen (secondary N) is 1. The highest BCUT2D eigenvalue weighted by molar-refractivity contribution is 7.89. The van der Waals surface area contributed by atoms with E-state index in [1.54, 1.807) is 4.31 Å². The molecule has 2 atom stereocenters. The van der Waals surface area contributed by atoms with Gasteiger partial charge < -0.3 is 14.8 Å². The summed E-state index contributed by atoms with van der Waals surface area (Å²) in [6.45, 7) is 8.21. The van der Waals surface area contributed by atoms with Gasteiger partial charge in [0.1, 0.15) is 5.75 Å².